The van der Waals surface area contributed by atoms with Crippen molar-refractivity contribution in [2.24, 2.45) is 0 Å². The molecule has 1 aliphatic heterocycles. The minimum absolute atomic E-state index is 0.00916. The van der Waals surface area contributed by atoms with Crippen LogP contribution < -0.4 is 16.0 Å². The Morgan fingerprint density at radius 2 is 0.492 bits per heavy atom. The van der Waals surface area contributed by atoms with Gasteiger partial charge < -0.3 is 34.7 Å². The molecule has 1 aliphatic rings. The van der Waals surface area contributed by atoms with Gasteiger partial charge in [0.15, 0.2) is 17.7 Å². The Morgan fingerprint density at radius 1 is 0.277 bits per heavy atom. The number of likely N-dealkylation sites (N-methyl/N-ethyl adjacent to an activating group) is 1. The van der Waals surface area contributed by atoms with Gasteiger partial charge in [0, 0.05) is 72.0 Å². The fourth-order valence-corrected chi connectivity index (χ4v) is 9.34. The maximum atomic E-state index is 11.2. The second kappa shape index (κ2) is 34.6. The van der Waals surface area contributed by atoms with Gasteiger partial charge in [-0.1, -0.05) is 53.4 Å². The number of rotatable bonds is 42. The Labute approximate surface area is 403 Å². The van der Waals surface area contributed by atoms with Crippen molar-refractivity contribution < 1.29 is 10.2 Å². The molecule has 2 atom stereocenters. The molecule has 0 aromatic carbocycles. The normalized spacial score (nSPS) is 21.0. The fraction of sp³-hybridized carbons (Fsp3) is 1.00. The largest absolute Gasteiger partial charge is 0.395 e. The first kappa shape index (κ1) is 62.4. The second-order valence-electron chi connectivity index (χ2n) is 20.4. The van der Waals surface area contributed by atoms with E-state index in [1.54, 1.807) is 0 Å². The number of hydrogen-bond acceptors (Lipinski definition) is 16. The predicted octanol–water partition coefficient (Wildman–Crippen LogP) is 2.99. The third-order valence-corrected chi connectivity index (χ3v) is 13.0. The van der Waals surface area contributed by atoms with E-state index in [2.05, 4.69) is 170 Å². The number of aliphatic hydroxyl groups excluding tert-OH is 2. The van der Waals surface area contributed by atoms with Crippen LogP contribution in [0.15, 0.2) is 0 Å². The highest BCUT2D eigenvalue weighted by Crippen LogP contribution is 2.36. The molecule has 5 N–H and O–H groups in total. The molecule has 0 aliphatic carbocycles. The molecule has 390 valence electrons. The van der Waals surface area contributed by atoms with Crippen LogP contribution in [-0.4, -0.2) is 277 Å². The molecule has 1 heterocycles. The Kier molecular flexibility index (Phi) is 33.2. The lowest BCUT2D eigenvalue weighted by atomic mass is 10.1. The zero-order valence-corrected chi connectivity index (χ0v) is 45.7. The van der Waals surface area contributed by atoms with E-state index >= 15 is 0 Å². The van der Waals surface area contributed by atoms with Gasteiger partial charge in [0.25, 0.3) is 0 Å². The van der Waals surface area contributed by atoms with Crippen LogP contribution in [0.1, 0.15) is 111 Å². The molecule has 0 saturated carbocycles. The highest BCUT2D eigenvalue weighted by atomic mass is 16.3. The molecule has 0 bridgehead atoms. The minimum Gasteiger partial charge on any atom is -0.395 e. The first-order valence-corrected chi connectivity index (χ1v) is 26.3. The van der Waals surface area contributed by atoms with Crippen LogP contribution in [0.5, 0.6) is 0 Å². The number of unbranched alkanes of at least 4 members (excludes halogenated alkanes) is 4. The van der Waals surface area contributed by atoms with E-state index in [0.717, 1.165) is 175 Å². The topological polar surface area (TPSA) is 112 Å². The highest BCUT2D eigenvalue weighted by molar-refractivity contribution is 5.08. The first-order valence-electron chi connectivity index (χ1n) is 26.3. The van der Waals surface area contributed by atoms with E-state index in [1.807, 2.05) is 0 Å². The van der Waals surface area contributed by atoms with Gasteiger partial charge >= 0.3 is 0 Å². The summed E-state index contributed by atoms with van der Waals surface area (Å²) in [6.07, 6.45) is 13.7. The van der Waals surface area contributed by atoms with Gasteiger partial charge in [-0.15, -0.1) is 0 Å². The Hall–Kier alpha value is -0.640. The Morgan fingerprint density at radius 3 is 0.708 bits per heavy atom. The number of nitrogens with one attached hydrogen (secondary N) is 3. The molecule has 16 heteroatoms. The van der Waals surface area contributed by atoms with Crippen molar-refractivity contribution in [1.82, 2.24) is 69.8 Å². The van der Waals surface area contributed by atoms with Crippen molar-refractivity contribution in [2.75, 3.05) is 195 Å². The van der Waals surface area contributed by atoms with Crippen LogP contribution in [0.3, 0.4) is 0 Å². The van der Waals surface area contributed by atoms with Gasteiger partial charge in [-0.25, -0.2) is 16.0 Å². The zero-order chi connectivity index (χ0) is 48.9. The molecule has 65 heavy (non-hydrogen) atoms. The molecular formula is C49H112N14O2. The molecule has 1 fully saturated rings. The quantitative estimate of drug-likeness (QED) is 0.0579. The van der Waals surface area contributed by atoms with Crippen LogP contribution in [0.2, 0.25) is 0 Å². The average Bonchev–Trinajstić information content (AvgIpc) is 3.24. The number of hydrogen-bond donors (Lipinski definition) is 5. The van der Waals surface area contributed by atoms with E-state index in [9.17, 15) is 10.2 Å². The lowest BCUT2D eigenvalue weighted by Crippen LogP contribution is -3.01. The van der Waals surface area contributed by atoms with Gasteiger partial charge in [-0.2, -0.15) is 0 Å². The van der Waals surface area contributed by atoms with E-state index in [4.69, 9.17) is 5.32 Å². The molecule has 16 nitrogen and oxygen atoms in total. The lowest BCUT2D eigenvalue weighted by Gasteiger charge is -2.70. The third kappa shape index (κ3) is 21.5. The van der Waals surface area contributed by atoms with E-state index in [1.165, 1.54) is 0 Å². The van der Waals surface area contributed by atoms with Crippen molar-refractivity contribution in [3.8, 4) is 0 Å². The minimum atomic E-state index is -1.01. The van der Waals surface area contributed by atoms with Crippen LogP contribution in [0.4, 0.5) is 0 Å². The summed E-state index contributed by atoms with van der Waals surface area (Å²) in [6.45, 7) is 23.1. The Balaban J connectivity index is 4.95. The lowest BCUT2D eigenvalue weighted by molar-refractivity contribution is -0.308. The molecule has 0 aromatic rings. The molecule has 0 amide bonds. The molecule has 2 unspecified atom stereocenters. The van der Waals surface area contributed by atoms with Crippen molar-refractivity contribution >= 4 is 0 Å². The number of aliphatic hydroxyl groups is 2. The van der Waals surface area contributed by atoms with Crippen LogP contribution >= 0.6 is 0 Å². The third-order valence-electron chi connectivity index (χ3n) is 13.0. The van der Waals surface area contributed by atoms with Crippen LogP contribution in [0, 0.1) is 0 Å². The Bertz CT molecular complexity index is 1030. The van der Waals surface area contributed by atoms with Crippen LogP contribution in [0.25, 0.3) is 0 Å². The summed E-state index contributed by atoms with van der Waals surface area (Å²) < 4.78 is 0. The molecule has 1 saturated heterocycles. The van der Waals surface area contributed by atoms with Gasteiger partial charge in [0.05, 0.1) is 13.2 Å². The molecule has 0 radical (unpaired) electrons. The SMILES string of the molecule is CCCCN(CCCC)C1(N(CCCN(C)C)CCCN(C)C)NC(N(C)CCO)(N(CCO)CCCN(C)C)NC(N(CCCC)CCCC)(N(CCCN(C)C)CCCN(C)C)N1. The van der Waals surface area contributed by atoms with Gasteiger partial charge in [-0.05, 0) is 168 Å². The van der Waals surface area contributed by atoms with Gasteiger partial charge in [0.2, 0.25) is 0 Å². The van der Waals surface area contributed by atoms with Crippen LogP contribution in [-0.2, 0) is 0 Å². The van der Waals surface area contributed by atoms with E-state index < -0.39 is 17.7 Å². The maximum Gasteiger partial charge on any atom is 0.193 e. The average molecular weight is 930 g/mol. The summed E-state index contributed by atoms with van der Waals surface area (Å²) >= 11 is 0. The summed E-state index contributed by atoms with van der Waals surface area (Å²) in [6, 6.07) is 0. The highest BCUT2D eigenvalue weighted by Gasteiger charge is 2.64. The smallest absolute Gasteiger partial charge is 0.193 e. The summed E-state index contributed by atoms with van der Waals surface area (Å²) in [5.74, 6) is -2.73. The van der Waals surface area contributed by atoms with Crippen molar-refractivity contribution in [2.45, 2.75) is 129 Å². The fourth-order valence-electron chi connectivity index (χ4n) is 9.34. The van der Waals surface area contributed by atoms with Crippen molar-refractivity contribution in [3.63, 3.8) is 0 Å². The summed E-state index contributed by atoms with van der Waals surface area (Å²) in [5.41, 5.74) is 0. The van der Waals surface area contributed by atoms with E-state index in [0.29, 0.717) is 13.1 Å². The van der Waals surface area contributed by atoms with Crippen molar-refractivity contribution in [1.29, 1.82) is 0 Å². The van der Waals surface area contributed by atoms with Crippen molar-refractivity contribution in [3.05, 3.63) is 0 Å². The summed E-state index contributed by atoms with van der Waals surface area (Å²) in [7, 11) is 24.1. The monoisotopic (exact) mass is 929 g/mol. The van der Waals surface area contributed by atoms with Gasteiger partial charge in [0.1, 0.15) is 0 Å². The number of nitrogens with zero attached hydrogens (tertiary/aromatic N) is 11. The molecule has 0 aromatic heterocycles. The molecule has 1 rings (SSSR count). The summed E-state index contributed by atoms with van der Waals surface area (Å²) in [5, 5.41) is 36.1. The zero-order valence-electron chi connectivity index (χ0n) is 45.7. The summed E-state index contributed by atoms with van der Waals surface area (Å²) in [4.78, 5) is 27.5. The predicted molar refractivity (Wildman–Crippen MR) is 278 cm³/mol. The standard InChI is InChI=1S/C49H112N14O2/c1-16-20-34-59(35-21-17-2)48(61(38-24-29-53(5)6)39-25-30-54(7)8)50-47(58(15)43-45-64,63(44-46-65)42-28-33-57(13)14)51-49(52-48,60(36-22-18-3)37-23-19-4)62(40-26-31-55(9)10)41-27-32-56(11)12/h50-52,64-65H,16-46H2,1-15H3. The van der Waals surface area contributed by atoms with E-state index in [-0.39, 0.29) is 13.2 Å². The van der Waals surface area contributed by atoms with Gasteiger partial charge in [-0.3, -0.25) is 29.4 Å². The maximum absolute atomic E-state index is 11.2. The molecular weight excluding hydrogens is 817 g/mol. The first-order chi connectivity index (χ1) is 31.0. The molecule has 0 spiro atoms. The second-order valence-corrected chi connectivity index (χ2v) is 20.4.